The highest BCUT2D eigenvalue weighted by atomic mass is 31.2. The molecule has 0 bridgehead atoms. The molecule has 322 valence electrons. The van der Waals surface area contributed by atoms with Crippen LogP contribution in [0.25, 0.3) is 0 Å². The molecular formula is C41H76NO12P. The van der Waals surface area contributed by atoms with E-state index >= 15 is 0 Å². The number of aliphatic hydroxyl groups is 7. The van der Waals surface area contributed by atoms with Crippen molar-refractivity contribution >= 4 is 13.7 Å². The van der Waals surface area contributed by atoms with Crippen molar-refractivity contribution in [2.24, 2.45) is 0 Å². The van der Waals surface area contributed by atoms with Gasteiger partial charge in [-0.05, 0) is 57.8 Å². The van der Waals surface area contributed by atoms with Crippen LogP contribution in [0, 0.1) is 0 Å². The predicted molar refractivity (Wildman–Crippen MR) is 215 cm³/mol. The van der Waals surface area contributed by atoms with E-state index in [-0.39, 0.29) is 6.42 Å². The zero-order valence-corrected chi connectivity index (χ0v) is 34.5. The molecular weight excluding hydrogens is 729 g/mol. The van der Waals surface area contributed by atoms with E-state index in [1.807, 2.05) is 0 Å². The minimum atomic E-state index is -5.14. The molecule has 1 amide bonds. The quantitative estimate of drug-likeness (QED) is 0.0218. The Morgan fingerprint density at radius 1 is 0.636 bits per heavy atom. The number of allylic oxidation sites excluding steroid dienone is 5. The maximum Gasteiger partial charge on any atom is 0.472 e. The molecule has 8 atom stereocenters. The number of amides is 1. The average molecular weight is 806 g/mol. The number of aliphatic hydroxyl groups excluding tert-OH is 7. The lowest BCUT2D eigenvalue weighted by Gasteiger charge is -2.41. The number of phosphoric ester groups is 1. The summed E-state index contributed by atoms with van der Waals surface area (Å²) in [6, 6.07) is -1.26. The van der Waals surface area contributed by atoms with E-state index in [0.717, 1.165) is 51.4 Å². The Hall–Kier alpha value is -1.48. The van der Waals surface area contributed by atoms with E-state index in [9.17, 15) is 50.0 Å². The molecule has 0 spiro atoms. The van der Waals surface area contributed by atoms with Crippen LogP contribution in [0.15, 0.2) is 36.5 Å². The lowest BCUT2D eigenvalue weighted by atomic mass is 9.85. The summed E-state index contributed by atoms with van der Waals surface area (Å²) < 4.78 is 22.8. The monoisotopic (exact) mass is 806 g/mol. The summed E-state index contributed by atoms with van der Waals surface area (Å²) >= 11 is 0. The van der Waals surface area contributed by atoms with Crippen molar-refractivity contribution in [2.45, 2.75) is 210 Å². The molecule has 8 unspecified atom stereocenters. The van der Waals surface area contributed by atoms with Gasteiger partial charge in [0.25, 0.3) is 0 Å². The topological polar surface area (TPSA) is 226 Å². The third kappa shape index (κ3) is 24.1. The van der Waals surface area contributed by atoms with Crippen LogP contribution in [0.5, 0.6) is 0 Å². The highest BCUT2D eigenvalue weighted by molar-refractivity contribution is 7.47. The SMILES string of the molecule is CCCCC/C=C\CCCCCC(O)CC(=O)NC(COP(=O)(O)OC1C(O)C(O)C(O)C(O)C1O)C(O)/C=C/CC/C=C/CCCCCCCCCCC. The minimum Gasteiger partial charge on any atom is -0.393 e. The number of hydrogen-bond donors (Lipinski definition) is 9. The minimum absolute atomic E-state index is 0.264. The summed E-state index contributed by atoms with van der Waals surface area (Å²) in [7, 11) is -5.14. The lowest BCUT2D eigenvalue weighted by Crippen LogP contribution is -2.64. The van der Waals surface area contributed by atoms with Gasteiger partial charge >= 0.3 is 7.82 Å². The molecule has 1 aliphatic rings. The Labute approximate surface area is 330 Å². The number of nitrogens with one attached hydrogen (secondary N) is 1. The van der Waals surface area contributed by atoms with Gasteiger partial charge < -0.3 is 46.0 Å². The number of phosphoric acid groups is 1. The molecule has 0 aromatic heterocycles. The Morgan fingerprint density at radius 2 is 1.07 bits per heavy atom. The van der Waals surface area contributed by atoms with Gasteiger partial charge in [0, 0.05) is 0 Å². The van der Waals surface area contributed by atoms with Crippen LogP contribution in [0.1, 0.15) is 155 Å². The maximum atomic E-state index is 12.9. The molecule has 0 aromatic rings. The molecule has 1 fully saturated rings. The zero-order valence-electron chi connectivity index (χ0n) is 33.6. The molecule has 0 aromatic carbocycles. The first kappa shape index (κ1) is 51.5. The number of unbranched alkanes of at least 4 members (excludes halogenated alkanes) is 16. The molecule has 14 heteroatoms. The van der Waals surface area contributed by atoms with Crippen molar-refractivity contribution in [3.8, 4) is 0 Å². The summed E-state index contributed by atoms with van der Waals surface area (Å²) in [5.41, 5.74) is 0. The maximum absolute atomic E-state index is 12.9. The summed E-state index contributed by atoms with van der Waals surface area (Å²) in [5, 5.41) is 74.1. The Morgan fingerprint density at radius 3 is 1.64 bits per heavy atom. The third-order valence-electron chi connectivity index (χ3n) is 9.95. The molecule has 1 rings (SSSR count). The largest absolute Gasteiger partial charge is 0.472 e. The van der Waals surface area contributed by atoms with Gasteiger partial charge in [0.1, 0.15) is 36.6 Å². The van der Waals surface area contributed by atoms with Gasteiger partial charge in [0.15, 0.2) is 0 Å². The second-order valence-electron chi connectivity index (χ2n) is 15.0. The van der Waals surface area contributed by atoms with Crippen LogP contribution in [0.3, 0.4) is 0 Å². The zero-order chi connectivity index (χ0) is 40.9. The van der Waals surface area contributed by atoms with Crippen LogP contribution in [0.2, 0.25) is 0 Å². The summed E-state index contributed by atoms with van der Waals surface area (Å²) in [4.78, 5) is 23.3. The fourth-order valence-corrected chi connectivity index (χ4v) is 7.39. The normalized spacial score (nSPS) is 24.8. The van der Waals surface area contributed by atoms with Gasteiger partial charge in [0.05, 0.1) is 31.3 Å². The van der Waals surface area contributed by atoms with Crippen molar-refractivity contribution in [3.05, 3.63) is 36.5 Å². The molecule has 1 saturated carbocycles. The van der Waals surface area contributed by atoms with E-state index in [2.05, 4.69) is 43.5 Å². The van der Waals surface area contributed by atoms with Crippen LogP contribution in [-0.4, -0.2) is 108 Å². The standard InChI is InChI=1S/C41H76NO12P/c1-3-5-7-9-11-13-15-16-17-18-19-21-23-25-27-29-34(44)33(31-53-55(51,52)54-41-39(49)37(47)36(46)38(48)40(41)50)42-35(45)30-32(43)28-26-24-22-20-14-12-10-8-6-4-2/h12,14,19,21,27,29,32-34,36-41,43-44,46-50H,3-11,13,15-18,20,22-26,28,30-31H2,1-2H3,(H,42,45)(H,51,52)/b14-12-,21-19+,29-27+. The second-order valence-corrected chi connectivity index (χ2v) is 16.4. The molecule has 9 N–H and O–H groups in total. The van der Waals surface area contributed by atoms with Crippen molar-refractivity contribution in [1.29, 1.82) is 0 Å². The smallest absolute Gasteiger partial charge is 0.393 e. The first-order valence-corrected chi connectivity index (χ1v) is 22.5. The first-order chi connectivity index (χ1) is 26.3. The Bertz CT molecular complexity index is 1090. The highest BCUT2D eigenvalue weighted by Gasteiger charge is 2.51. The van der Waals surface area contributed by atoms with Crippen LogP contribution < -0.4 is 5.32 Å². The van der Waals surface area contributed by atoms with Gasteiger partial charge in [0.2, 0.25) is 5.91 Å². The third-order valence-corrected chi connectivity index (χ3v) is 10.9. The molecule has 1 aliphatic carbocycles. The fourth-order valence-electron chi connectivity index (χ4n) is 6.43. The number of carbonyl (C=O) groups excluding carboxylic acids is 1. The van der Waals surface area contributed by atoms with Crippen molar-refractivity contribution in [3.63, 3.8) is 0 Å². The Balaban J connectivity index is 2.66. The van der Waals surface area contributed by atoms with Crippen LogP contribution in [-0.2, 0) is 18.4 Å². The molecule has 0 aliphatic heterocycles. The van der Waals surface area contributed by atoms with E-state index < -0.39 is 75.2 Å². The van der Waals surface area contributed by atoms with Gasteiger partial charge in [-0.1, -0.05) is 127 Å². The number of rotatable bonds is 33. The summed E-state index contributed by atoms with van der Waals surface area (Å²) in [6.45, 7) is 3.65. The molecule has 55 heavy (non-hydrogen) atoms. The van der Waals surface area contributed by atoms with Gasteiger partial charge in [-0.3, -0.25) is 13.8 Å². The van der Waals surface area contributed by atoms with Crippen molar-refractivity contribution < 1.29 is 59.0 Å². The van der Waals surface area contributed by atoms with E-state index in [1.165, 1.54) is 76.7 Å². The van der Waals surface area contributed by atoms with Gasteiger partial charge in [-0.2, -0.15) is 0 Å². The number of hydrogen-bond acceptors (Lipinski definition) is 11. The molecule has 13 nitrogen and oxygen atoms in total. The average Bonchev–Trinajstić information content (AvgIpc) is 3.15. The summed E-state index contributed by atoms with van der Waals surface area (Å²) in [6.07, 6.45) is 19.7. The molecule has 0 heterocycles. The van der Waals surface area contributed by atoms with Crippen LogP contribution >= 0.6 is 7.82 Å². The van der Waals surface area contributed by atoms with E-state index in [4.69, 9.17) is 9.05 Å². The number of carbonyl (C=O) groups is 1. The second kappa shape index (κ2) is 31.5. The van der Waals surface area contributed by atoms with Gasteiger partial charge in [-0.25, -0.2) is 4.57 Å². The van der Waals surface area contributed by atoms with Gasteiger partial charge in [-0.15, -0.1) is 0 Å². The van der Waals surface area contributed by atoms with E-state index in [0.29, 0.717) is 12.8 Å². The Kier molecular flexibility index (Phi) is 29.5. The predicted octanol–water partition coefficient (Wildman–Crippen LogP) is 5.80. The van der Waals surface area contributed by atoms with Crippen molar-refractivity contribution in [1.82, 2.24) is 5.32 Å². The van der Waals surface area contributed by atoms with Crippen LogP contribution in [0.4, 0.5) is 0 Å². The van der Waals surface area contributed by atoms with Crippen molar-refractivity contribution in [2.75, 3.05) is 6.61 Å². The fraction of sp³-hybridized carbons (Fsp3) is 0.829. The lowest BCUT2D eigenvalue weighted by molar-refractivity contribution is -0.220. The molecule has 0 saturated heterocycles. The first-order valence-electron chi connectivity index (χ1n) is 21.0. The van der Waals surface area contributed by atoms with E-state index in [1.54, 1.807) is 6.08 Å². The molecule has 0 radical (unpaired) electrons. The summed E-state index contributed by atoms with van der Waals surface area (Å²) in [5.74, 6) is -0.616. The highest BCUT2D eigenvalue weighted by Crippen LogP contribution is 2.47.